The molecule has 0 radical (unpaired) electrons. The Bertz CT molecular complexity index is 1320. The minimum atomic E-state index is -4.79. The van der Waals surface area contributed by atoms with E-state index in [2.05, 4.69) is 15.0 Å². The molecule has 2 aromatic heterocycles. The van der Waals surface area contributed by atoms with Crippen LogP contribution in [0.1, 0.15) is 5.76 Å². The van der Waals surface area contributed by atoms with E-state index in [-0.39, 0.29) is 17.9 Å². The van der Waals surface area contributed by atoms with E-state index in [1.54, 1.807) is 36.4 Å². The first-order valence-electron chi connectivity index (χ1n) is 9.59. The summed E-state index contributed by atoms with van der Waals surface area (Å²) in [5.74, 6) is -0.334. The number of anilines is 1. The third kappa shape index (κ3) is 5.75. The van der Waals surface area contributed by atoms with Gasteiger partial charge in [0.2, 0.25) is 5.91 Å². The number of hydrogen-bond acceptors (Lipinski definition) is 6. The Morgan fingerprint density at radius 1 is 1.09 bits per heavy atom. The van der Waals surface area contributed by atoms with Gasteiger partial charge in [0.15, 0.2) is 5.16 Å². The number of para-hydroxylation sites is 1. The number of alkyl halides is 3. The highest BCUT2D eigenvalue weighted by Crippen LogP contribution is 2.24. The van der Waals surface area contributed by atoms with Crippen LogP contribution < -0.4 is 15.6 Å². The van der Waals surface area contributed by atoms with Crippen molar-refractivity contribution >= 4 is 34.3 Å². The zero-order valence-electron chi connectivity index (χ0n) is 16.8. The topological polar surface area (TPSA) is 86.4 Å². The van der Waals surface area contributed by atoms with Gasteiger partial charge in [0.1, 0.15) is 11.5 Å². The lowest BCUT2D eigenvalue weighted by Crippen LogP contribution is -2.24. The Morgan fingerprint density at radius 3 is 2.55 bits per heavy atom. The van der Waals surface area contributed by atoms with Crippen LogP contribution in [0.2, 0.25) is 0 Å². The Kier molecular flexibility index (Phi) is 6.40. The van der Waals surface area contributed by atoms with Crippen molar-refractivity contribution in [3.8, 4) is 5.75 Å². The molecule has 0 aliphatic rings. The van der Waals surface area contributed by atoms with Crippen LogP contribution in [0.4, 0.5) is 18.9 Å². The number of thioether (sulfide) groups is 1. The van der Waals surface area contributed by atoms with Gasteiger partial charge in [0.25, 0.3) is 5.56 Å². The van der Waals surface area contributed by atoms with E-state index >= 15 is 0 Å². The normalized spacial score (nSPS) is 11.5. The summed E-state index contributed by atoms with van der Waals surface area (Å²) < 4.78 is 47.4. The first-order chi connectivity index (χ1) is 15.8. The molecule has 11 heteroatoms. The van der Waals surface area contributed by atoms with Gasteiger partial charge in [0, 0.05) is 5.69 Å². The third-order valence-corrected chi connectivity index (χ3v) is 5.40. The quantitative estimate of drug-likeness (QED) is 0.309. The number of rotatable bonds is 7. The Balaban J connectivity index is 1.49. The summed E-state index contributed by atoms with van der Waals surface area (Å²) in [6.07, 6.45) is -3.29. The molecule has 0 bridgehead atoms. The number of carbonyl (C=O) groups is 1. The second kappa shape index (κ2) is 9.41. The van der Waals surface area contributed by atoms with Crippen LogP contribution in [0.25, 0.3) is 10.9 Å². The molecule has 0 spiro atoms. The second-order valence-electron chi connectivity index (χ2n) is 6.79. The first kappa shape index (κ1) is 22.5. The fourth-order valence-electron chi connectivity index (χ4n) is 3.02. The molecular weight excluding hydrogens is 459 g/mol. The first-order valence-corrected chi connectivity index (χ1v) is 10.6. The second-order valence-corrected chi connectivity index (χ2v) is 7.73. The van der Waals surface area contributed by atoms with Crippen molar-refractivity contribution in [1.82, 2.24) is 9.55 Å². The molecule has 2 aromatic carbocycles. The van der Waals surface area contributed by atoms with Crippen LogP contribution in [-0.4, -0.2) is 27.6 Å². The molecule has 33 heavy (non-hydrogen) atoms. The molecule has 4 rings (SSSR count). The highest BCUT2D eigenvalue weighted by atomic mass is 32.2. The average Bonchev–Trinajstić information content (AvgIpc) is 3.28. The van der Waals surface area contributed by atoms with Gasteiger partial charge in [0.05, 0.1) is 29.5 Å². The number of carbonyl (C=O) groups excluding carboxylic acids is 1. The smallest absolute Gasteiger partial charge is 0.467 e. The van der Waals surface area contributed by atoms with Crippen LogP contribution >= 0.6 is 11.8 Å². The van der Waals surface area contributed by atoms with Gasteiger partial charge < -0.3 is 14.5 Å². The Labute approximate surface area is 189 Å². The number of fused-ring (bicyclic) bond motifs is 1. The SMILES string of the molecule is O=C(CSc1nc2ccccc2c(=O)n1Cc1ccco1)Nc1ccc(OC(F)(F)F)cc1. The predicted octanol–water partition coefficient (Wildman–Crippen LogP) is 4.67. The summed E-state index contributed by atoms with van der Waals surface area (Å²) in [5, 5.41) is 3.36. The molecule has 0 unspecified atom stereocenters. The van der Waals surface area contributed by atoms with Gasteiger partial charge >= 0.3 is 6.36 Å². The summed E-state index contributed by atoms with van der Waals surface area (Å²) in [5.41, 5.74) is 0.538. The van der Waals surface area contributed by atoms with Gasteiger partial charge in [-0.25, -0.2) is 4.98 Å². The summed E-state index contributed by atoms with van der Waals surface area (Å²) in [6.45, 7) is 0.147. The van der Waals surface area contributed by atoms with Crippen LogP contribution in [0.3, 0.4) is 0 Å². The van der Waals surface area contributed by atoms with Gasteiger partial charge in [-0.15, -0.1) is 13.2 Å². The number of furan rings is 1. The zero-order valence-corrected chi connectivity index (χ0v) is 17.7. The van der Waals surface area contributed by atoms with Crippen molar-refractivity contribution in [2.45, 2.75) is 18.1 Å². The molecule has 170 valence electrons. The monoisotopic (exact) mass is 475 g/mol. The maximum atomic E-state index is 13.0. The van der Waals surface area contributed by atoms with Crippen molar-refractivity contribution in [3.05, 3.63) is 83.0 Å². The molecule has 2 heterocycles. The number of ether oxygens (including phenoxy) is 1. The summed E-state index contributed by atoms with van der Waals surface area (Å²) >= 11 is 1.06. The lowest BCUT2D eigenvalue weighted by Gasteiger charge is -2.12. The molecule has 0 aliphatic heterocycles. The van der Waals surface area contributed by atoms with Gasteiger partial charge in [-0.2, -0.15) is 0 Å². The van der Waals surface area contributed by atoms with Crippen molar-refractivity contribution in [2.24, 2.45) is 0 Å². The maximum absolute atomic E-state index is 13.0. The zero-order chi connectivity index (χ0) is 23.4. The van der Waals surface area contributed by atoms with Crippen LogP contribution in [0.5, 0.6) is 5.75 Å². The highest BCUT2D eigenvalue weighted by molar-refractivity contribution is 7.99. The standard InChI is InChI=1S/C22H16F3N3O4S/c23-22(24,25)32-15-9-7-14(8-10-15)26-19(29)13-33-21-27-18-6-2-1-5-17(18)20(30)28(21)12-16-4-3-11-31-16/h1-11H,12-13H2,(H,26,29). The minimum absolute atomic E-state index is 0.0796. The summed E-state index contributed by atoms with van der Waals surface area (Å²) in [7, 11) is 0. The number of amides is 1. The number of hydrogen-bond donors (Lipinski definition) is 1. The van der Waals surface area contributed by atoms with E-state index in [4.69, 9.17) is 4.42 Å². The van der Waals surface area contributed by atoms with Gasteiger partial charge in [-0.3, -0.25) is 14.2 Å². The molecule has 1 amide bonds. The molecular formula is C22H16F3N3O4S. The minimum Gasteiger partial charge on any atom is -0.467 e. The number of nitrogens with zero attached hydrogens (tertiary/aromatic N) is 2. The molecule has 4 aromatic rings. The van der Waals surface area contributed by atoms with Crippen molar-refractivity contribution in [3.63, 3.8) is 0 Å². The van der Waals surface area contributed by atoms with Crippen LogP contribution in [-0.2, 0) is 11.3 Å². The lowest BCUT2D eigenvalue weighted by molar-refractivity contribution is -0.274. The largest absolute Gasteiger partial charge is 0.573 e. The number of aromatic nitrogens is 2. The highest BCUT2D eigenvalue weighted by Gasteiger charge is 2.31. The van der Waals surface area contributed by atoms with Crippen LogP contribution in [0, 0.1) is 0 Å². The molecule has 0 fully saturated rings. The van der Waals surface area contributed by atoms with E-state index in [9.17, 15) is 22.8 Å². The fourth-order valence-corrected chi connectivity index (χ4v) is 3.82. The number of benzene rings is 2. The van der Waals surface area contributed by atoms with E-state index in [1.807, 2.05) is 0 Å². The van der Waals surface area contributed by atoms with E-state index in [0.717, 1.165) is 23.9 Å². The van der Waals surface area contributed by atoms with Crippen molar-refractivity contribution in [2.75, 3.05) is 11.1 Å². The van der Waals surface area contributed by atoms with Gasteiger partial charge in [-0.05, 0) is 48.5 Å². The fraction of sp³-hybridized carbons (Fsp3) is 0.136. The van der Waals surface area contributed by atoms with E-state index in [0.29, 0.717) is 27.5 Å². The van der Waals surface area contributed by atoms with Gasteiger partial charge in [-0.1, -0.05) is 23.9 Å². The Morgan fingerprint density at radius 2 is 1.85 bits per heavy atom. The molecule has 0 aliphatic carbocycles. The lowest BCUT2D eigenvalue weighted by atomic mass is 10.2. The maximum Gasteiger partial charge on any atom is 0.573 e. The number of halogens is 3. The molecule has 1 N–H and O–H groups in total. The molecule has 0 atom stereocenters. The molecule has 0 saturated heterocycles. The van der Waals surface area contributed by atoms with Crippen molar-refractivity contribution in [1.29, 1.82) is 0 Å². The summed E-state index contributed by atoms with van der Waals surface area (Å²) in [4.78, 5) is 29.9. The van der Waals surface area contributed by atoms with Crippen LogP contribution in [0.15, 0.2) is 81.3 Å². The number of nitrogens with one attached hydrogen (secondary N) is 1. The average molecular weight is 475 g/mol. The molecule has 7 nitrogen and oxygen atoms in total. The van der Waals surface area contributed by atoms with E-state index < -0.39 is 18.0 Å². The Hall–Kier alpha value is -3.73. The van der Waals surface area contributed by atoms with Crippen molar-refractivity contribution < 1.29 is 27.1 Å². The summed E-state index contributed by atoms with van der Waals surface area (Å²) in [6, 6.07) is 15.1. The molecule has 0 saturated carbocycles. The van der Waals surface area contributed by atoms with E-state index in [1.165, 1.54) is 23.0 Å². The predicted molar refractivity (Wildman–Crippen MR) is 116 cm³/mol. The third-order valence-electron chi connectivity index (χ3n) is 4.42.